The van der Waals surface area contributed by atoms with Gasteiger partial charge in [-0.2, -0.15) is 0 Å². The van der Waals surface area contributed by atoms with Gasteiger partial charge in [0.05, 0.1) is 11.9 Å². The van der Waals surface area contributed by atoms with E-state index in [0.29, 0.717) is 36.4 Å². The van der Waals surface area contributed by atoms with E-state index in [1.165, 1.54) is 6.92 Å². The molecule has 0 radical (unpaired) electrons. The molecule has 20 heavy (non-hydrogen) atoms. The van der Waals surface area contributed by atoms with Gasteiger partial charge in [-0.05, 0) is 17.5 Å². The first kappa shape index (κ1) is 12.7. The van der Waals surface area contributed by atoms with E-state index in [9.17, 15) is 9.59 Å². The van der Waals surface area contributed by atoms with E-state index in [2.05, 4.69) is 15.0 Å². The summed E-state index contributed by atoms with van der Waals surface area (Å²) in [6, 6.07) is 0. The summed E-state index contributed by atoms with van der Waals surface area (Å²) in [5.74, 6) is 0.415. The second kappa shape index (κ2) is 4.68. The molecule has 7 nitrogen and oxygen atoms in total. The van der Waals surface area contributed by atoms with Crippen molar-refractivity contribution in [3.05, 3.63) is 33.5 Å². The number of carbonyl (C=O) groups excluding carboxylic acids is 1. The van der Waals surface area contributed by atoms with Gasteiger partial charge >= 0.3 is 0 Å². The molecule has 0 aromatic carbocycles. The van der Waals surface area contributed by atoms with E-state index in [0.717, 1.165) is 11.1 Å². The zero-order valence-corrected chi connectivity index (χ0v) is 11.1. The quantitative estimate of drug-likeness (QED) is 0.741. The monoisotopic (exact) mass is 273 g/mol. The molecule has 0 saturated heterocycles. The number of aromatic nitrogens is 3. The largest absolute Gasteiger partial charge is 0.338 e. The standard InChI is InChI=1S/C13H15N5O2/c1-7(19)18-3-2-8-5-15-12-11(9(8)6-18)13(20)17-10(4-14)16-12/h5H,2-4,6,14H2,1H3,(H,15,16,17,20). The molecule has 0 atom stereocenters. The van der Waals surface area contributed by atoms with Crippen LogP contribution in [0.5, 0.6) is 0 Å². The van der Waals surface area contributed by atoms with Gasteiger partial charge in [0.15, 0.2) is 5.65 Å². The van der Waals surface area contributed by atoms with Crippen molar-refractivity contribution < 1.29 is 4.79 Å². The molecule has 1 aliphatic rings. The normalized spacial score (nSPS) is 14.4. The van der Waals surface area contributed by atoms with E-state index >= 15 is 0 Å². The molecule has 3 rings (SSSR count). The summed E-state index contributed by atoms with van der Waals surface area (Å²) in [4.78, 5) is 36.6. The third kappa shape index (κ3) is 1.96. The molecular weight excluding hydrogens is 258 g/mol. The molecule has 0 fully saturated rings. The minimum absolute atomic E-state index is 0.00331. The topological polar surface area (TPSA) is 105 Å². The van der Waals surface area contributed by atoms with Crippen molar-refractivity contribution in [1.29, 1.82) is 0 Å². The number of H-pyrrole nitrogens is 1. The highest BCUT2D eigenvalue weighted by atomic mass is 16.2. The minimum atomic E-state index is -0.245. The Kier molecular flexibility index (Phi) is 2.98. The molecular formula is C13H15N5O2. The van der Waals surface area contributed by atoms with Gasteiger partial charge in [0.2, 0.25) is 5.91 Å². The summed E-state index contributed by atoms with van der Waals surface area (Å²) in [5, 5.41) is 0.464. The zero-order valence-electron chi connectivity index (χ0n) is 11.1. The molecule has 2 aromatic rings. The lowest BCUT2D eigenvalue weighted by molar-refractivity contribution is -0.129. The Balaban J connectivity index is 2.23. The maximum Gasteiger partial charge on any atom is 0.260 e. The van der Waals surface area contributed by atoms with Crippen molar-refractivity contribution in [2.45, 2.75) is 26.4 Å². The van der Waals surface area contributed by atoms with Crippen LogP contribution in [0, 0.1) is 0 Å². The first-order valence-corrected chi connectivity index (χ1v) is 6.45. The van der Waals surface area contributed by atoms with Crippen molar-refractivity contribution in [1.82, 2.24) is 19.9 Å². The molecule has 0 spiro atoms. The van der Waals surface area contributed by atoms with Crippen LogP contribution in [0.15, 0.2) is 11.0 Å². The second-order valence-electron chi connectivity index (χ2n) is 4.87. The minimum Gasteiger partial charge on any atom is -0.338 e. The van der Waals surface area contributed by atoms with E-state index in [4.69, 9.17) is 5.73 Å². The molecule has 0 unspecified atom stereocenters. The first-order chi connectivity index (χ1) is 9.60. The van der Waals surface area contributed by atoms with Gasteiger partial charge in [-0.3, -0.25) is 9.59 Å². The van der Waals surface area contributed by atoms with Gasteiger partial charge in [-0.15, -0.1) is 0 Å². The number of nitrogens with zero attached hydrogens (tertiary/aromatic N) is 3. The molecule has 0 bridgehead atoms. The number of hydrogen-bond donors (Lipinski definition) is 2. The highest BCUT2D eigenvalue weighted by molar-refractivity contribution is 5.80. The van der Waals surface area contributed by atoms with Crippen molar-refractivity contribution in [2.75, 3.05) is 6.54 Å². The number of fused-ring (bicyclic) bond motifs is 3. The lowest BCUT2D eigenvalue weighted by atomic mass is 9.99. The second-order valence-corrected chi connectivity index (χ2v) is 4.87. The highest BCUT2D eigenvalue weighted by Crippen LogP contribution is 2.23. The number of rotatable bonds is 1. The van der Waals surface area contributed by atoms with Gasteiger partial charge in [0.25, 0.3) is 5.56 Å². The van der Waals surface area contributed by atoms with Gasteiger partial charge in [-0.1, -0.05) is 0 Å². The number of nitrogens with one attached hydrogen (secondary N) is 1. The van der Waals surface area contributed by atoms with Crippen LogP contribution in [0.25, 0.3) is 11.0 Å². The Bertz CT molecular complexity index is 752. The van der Waals surface area contributed by atoms with Crippen LogP contribution in [0.2, 0.25) is 0 Å². The fourth-order valence-corrected chi connectivity index (χ4v) is 2.54. The van der Waals surface area contributed by atoms with Crippen molar-refractivity contribution >= 4 is 16.9 Å². The van der Waals surface area contributed by atoms with E-state index in [-0.39, 0.29) is 18.0 Å². The summed E-state index contributed by atoms with van der Waals surface area (Å²) in [7, 11) is 0. The fraction of sp³-hybridized carbons (Fsp3) is 0.385. The van der Waals surface area contributed by atoms with Gasteiger partial charge in [0, 0.05) is 26.2 Å². The third-order valence-corrected chi connectivity index (χ3v) is 3.62. The third-order valence-electron chi connectivity index (χ3n) is 3.62. The van der Waals surface area contributed by atoms with Crippen LogP contribution in [0.4, 0.5) is 0 Å². The van der Waals surface area contributed by atoms with Crippen LogP contribution >= 0.6 is 0 Å². The molecule has 3 heterocycles. The van der Waals surface area contributed by atoms with E-state index < -0.39 is 0 Å². The average Bonchev–Trinajstić information content (AvgIpc) is 2.45. The predicted molar refractivity (Wildman–Crippen MR) is 72.8 cm³/mol. The SMILES string of the molecule is CC(=O)N1CCc2cnc3nc(CN)[nH]c(=O)c3c2C1. The van der Waals surface area contributed by atoms with Gasteiger partial charge in [0.1, 0.15) is 5.82 Å². The van der Waals surface area contributed by atoms with Crippen molar-refractivity contribution in [2.24, 2.45) is 5.73 Å². The number of pyridine rings is 1. The van der Waals surface area contributed by atoms with Crippen molar-refractivity contribution in [3.63, 3.8) is 0 Å². The van der Waals surface area contributed by atoms with Crippen LogP contribution in [0.3, 0.4) is 0 Å². The average molecular weight is 273 g/mol. The summed E-state index contributed by atoms with van der Waals surface area (Å²) in [6.07, 6.45) is 2.44. The van der Waals surface area contributed by atoms with Gasteiger partial charge in [-0.25, -0.2) is 9.97 Å². The summed E-state index contributed by atoms with van der Waals surface area (Å²) >= 11 is 0. The molecule has 104 valence electrons. The molecule has 3 N–H and O–H groups in total. The number of aromatic amines is 1. The Morgan fingerprint density at radius 2 is 2.35 bits per heavy atom. The smallest absolute Gasteiger partial charge is 0.260 e. The fourth-order valence-electron chi connectivity index (χ4n) is 2.54. The molecule has 0 saturated carbocycles. The number of carbonyl (C=O) groups is 1. The van der Waals surface area contributed by atoms with Crippen LogP contribution < -0.4 is 11.3 Å². The molecule has 7 heteroatoms. The Hall–Kier alpha value is -2.28. The number of nitrogens with two attached hydrogens (primary N) is 1. The Morgan fingerprint density at radius 3 is 3.05 bits per heavy atom. The van der Waals surface area contributed by atoms with Crippen molar-refractivity contribution in [3.8, 4) is 0 Å². The Morgan fingerprint density at radius 1 is 1.55 bits per heavy atom. The number of amides is 1. The first-order valence-electron chi connectivity index (χ1n) is 6.45. The zero-order chi connectivity index (χ0) is 14.3. The lowest BCUT2D eigenvalue weighted by Gasteiger charge is -2.28. The van der Waals surface area contributed by atoms with Gasteiger partial charge < -0.3 is 15.6 Å². The van der Waals surface area contributed by atoms with E-state index in [1.54, 1.807) is 11.1 Å². The highest BCUT2D eigenvalue weighted by Gasteiger charge is 2.22. The molecule has 0 aliphatic carbocycles. The summed E-state index contributed by atoms with van der Waals surface area (Å²) in [6.45, 7) is 2.77. The van der Waals surface area contributed by atoms with Crippen LogP contribution in [-0.2, 0) is 24.3 Å². The van der Waals surface area contributed by atoms with Crippen LogP contribution in [-0.4, -0.2) is 32.3 Å². The summed E-state index contributed by atoms with van der Waals surface area (Å²) < 4.78 is 0. The maximum absolute atomic E-state index is 12.2. The maximum atomic E-state index is 12.2. The molecule has 1 aliphatic heterocycles. The van der Waals surface area contributed by atoms with Crippen LogP contribution in [0.1, 0.15) is 23.9 Å². The predicted octanol–water partition coefficient (Wildman–Crippen LogP) is -0.319. The van der Waals surface area contributed by atoms with E-state index in [1.807, 2.05) is 0 Å². The lowest BCUT2D eigenvalue weighted by Crippen LogP contribution is -2.35. The summed E-state index contributed by atoms with van der Waals surface area (Å²) in [5.41, 5.74) is 7.48. The number of hydrogen-bond acceptors (Lipinski definition) is 5. The Labute approximate surface area is 114 Å². The molecule has 2 aromatic heterocycles. The molecule has 1 amide bonds.